The topological polar surface area (TPSA) is 54.3 Å². The van der Waals surface area contributed by atoms with Crippen molar-refractivity contribution >= 4 is 21.6 Å². The summed E-state index contributed by atoms with van der Waals surface area (Å²) in [4.78, 5) is 0. The molecule has 0 saturated carbocycles. The molecule has 2 aliphatic heterocycles. The standard InChI is InChI=1S/C24H21BrN2O3/c25-18-8-11-23-20(14-18)22-15-21(16-4-2-1-3-5-16)26-27(22)24(30-23)17-6-9-19(10-7-17)29-13-12-28/h1-11,14,22,24,28H,12-13,15H2/t22-,24-/m1/s1. The SMILES string of the molecule is OCCOc1ccc([C@H]2Oc3ccc(Br)cc3[C@H]3CC(c4ccccc4)=NN32)cc1. The zero-order chi connectivity index (χ0) is 20.5. The minimum Gasteiger partial charge on any atom is -0.491 e. The Morgan fingerprint density at radius 1 is 1.07 bits per heavy atom. The van der Waals surface area contributed by atoms with Crippen molar-refractivity contribution in [2.45, 2.75) is 18.7 Å². The summed E-state index contributed by atoms with van der Waals surface area (Å²) >= 11 is 3.59. The van der Waals surface area contributed by atoms with Crippen molar-refractivity contribution in [1.29, 1.82) is 0 Å². The number of aliphatic hydroxyl groups is 1. The maximum Gasteiger partial charge on any atom is 0.213 e. The van der Waals surface area contributed by atoms with Gasteiger partial charge in [0.1, 0.15) is 18.1 Å². The second-order valence-corrected chi connectivity index (χ2v) is 8.22. The van der Waals surface area contributed by atoms with Gasteiger partial charge in [0.15, 0.2) is 0 Å². The molecule has 6 heteroatoms. The van der Waals surface area contributed by atoms with Crippen LogP contribution in [0.25, 0.3) is 0 Å². The molecular weight excluding hydrogens is 444 g/mol. The van der Waals surface area contributed by atoms with Gasteiger partial charge in [0.05, 0.1) is 18.4 Å². The Morgan fingerprint density at radius 2 is 1.87 bits per heavy atom. The quantitative estimate of drug-likeness (QED) is 0.572. The molecule has 3 aromatic carbocycles. The molecule has 0 amide bonds. The largest absolute Gasteiger partial charge is 0.491 e. The van der Waals surface area contributed by atoms with E-state index in [4.69, 9.17) is 19.7 Å². The molecule has 3 aromatic rings. The first-order valence-corrected chi connectivity index (χ1v) is 10.7. The fourth-order valence-electron chi connectivity index (χ4n) is 3.98. The van der Waals surface area contributed by atoms with Crippen LogP contribution >= 0.6 is 15.9 Å². The summed E-state index contributed by atoms with van der Waals surface area (Å²) in [7, 11) is 0. The van der Waals surface area contributed by atoms with E-state index < -0.39 is 0 Å². The van der Waals surface area contributed by atoms with Crippen LogP contribution in [0.1, 0.15) is 35.4 Å². The third kappa shape index (κ3) is 3.57. The van der Waals surface area contributed by atoms with E-state index in [2.05, 4.69) is 39.1 Å². The van der Waals surface area contributed by atoms with Gasteiger partial charge < -0.3 is 14.6 Å². The molecule has 30 heavy (non-hydrogen) atoms. The fraction of sp³-hybridized carbons (Fsp3) is 0.208. The zero-order valence-corrected chi connectivity index (χ0v) is 17.8. The fourth-order valence-corrected chi connectivity index (χ4v) is 4.35. The van der Waals surface area contributed by atoms with Crippen molar-refractivity contribution in [2.24, 2.45) is 5.10 Å². The minimum absolute atomic E-state index is 0.00767. The Morgan fingerprint density at radius 3 is 2.63 bits per heavy atom. The molecule has 2 atom stereocenters. The van der Waals surface area contributed by atoms with Gasteiger partial charge in [-0.2, -0.15) is 5.10 Å². The van der Waals surface area contributed by atoms with Crippen LogP contribution in [-0.4, -0.2) is 29.0 Å². The molecule has 2 heterocycles. The molecule has 152 valence electrons. The third-order valence-electron chi connectivity index (χ3n) is 5.38. The predicted octanol–water partition coefficient (Wildman–Crippen LogP) is 5.06. The first-order chi connectivity index (χ1) is 14.7. The van der Waals surface area contributed by atoms with Gasteiger partial charge in [0.25, 0.3) is 0 Å². The lowest BCUT2D eigenvalue weighted by atomic mass is 9.96. The Labute approximate surface area is 183 Å². The van der Waals surface area contributed by atoms with Crippen LogP contribution in [0, 0.1) is 0 Å². The van der Waals surface area contributed by atoms with Gasteiger partial charge in [-0.25, -0.2) is 5.01 Å². The first-order valence-electron chi connectivity index (χ1n) is 9.94. The van der Waals surface area contributed by atoms with Crippen LogP contribution in [0.5, 0.6) is 11.5 Å². The maximum atomic E-state index is 8.95. The van der Waals surface area contributed by atoms with E-state index in [1.807, 2.05) is 54.6 Å². The van der Waals surface area contributed by atoms with Crippen LogP contribution < -0.4 is 9.47 Å². The number of hydrazone groups is 1. The Kier molecular flexibility index (Phi) is 5.19. The van der Waals surface area contributed by atoms with Gasteiger partial charge in [-0.3, -0.25) is 0 Å². The van der Waals surface area contributed by atoms with Crippen LogP contribution in [0.2, 0.25) is 0 Å². The van der Waals surface area contributed by atoms with Crippen molar-refractivity contribution in [2.75, 3.05) is 13.2 Å². The van der Waals surface area contributed by atoms with Crippen molar-refractivity contribution in [3.8, 4) is 11.5 Å². The maximum absolute atomic E-state index is 8.95. The second-order valence-electron chi connectivity index (χ2n) is 7.31. The number of halogens is 1. The predicted molar refractivity (Wildman–Crippen MR) is 119 cm³/mol. The summed E-state index contributed by atoms with van der Waals surface area (Å²) in [6, 6.07) is 24.3. The van der Waals surface area contributed by atoms with Gasteiger partial charge in [-0.15, -0.1) is 0 Å². The summed E-state index contributed by atoms with van der Waals surface area (Å²) in [6.45, 7) is 0.271. The zero-order valence-electron chi connectivity index (χ0n) is 16.2. The van der Waals surface area contributed by atoms with Gasteiger partial charge in [-0.05, 0) is 48.0 Å². The van der Waals surface area contributed by atoms with E-state index in [0.717, 1.165) is 44.8 Å². The summed E-state index contributed by atoms with van der Waals surface area (Å²) in [5.74, 6) is 1.61. The number of hydrogen-bond acceptors (Lipinski definition) is 5. The molecule has 2 aliphatic rings. The molecule has 0 saturated heterocycles. The van der Waals surface area contributed by atoms with Crippen LogP contribution in [0.4, 0.5) is 0 Å². The second kappa shape index (κ2) is 8.13. The molecule has 0 unspecified atom stereocenters. The number of fused-ring (bicyclic) bond motifs is 3. The number of aliphatic hydroxyl groups excluding tert-OH is 1. The average Bonchev–Trinajstić information content (AvgIpc) is 3.24. The van der Waals surface area contributed by atoms with Crippen LogP contribution in [0.15, 0.2) is 82.4 Å². The molecular formula is C24H21BrN2O3. The van der Waals surface area contributed by atoms with E-state index in [1.165, 1.54) is 0 Å². The third-order valence-corrected chi connectivity index (χ3v) is 5.88. The lowest BCUT2D eigenvalue weighted by Gasteiger charge is -2.38. The lowest BCUT2D eigenvalue weighted by molar-refractivity contribution is -0.0191. The summed E-state index contributed by atoms with van der Waals surface area (Å²) in [5.41, 5.74) is 4.33. The van der Waals surface area contributed by atoms with Gasteiger partial charge >= 0.3 is 0 Å². The molecule has 0 spiro atoms. The molecule has 0 aliphatic carbocycles. The number of rotatable bonds is 5. The van der Waals surface area contributed by atoms with Crippen molar-refractivity contribution in [3.63, 3.8) is 0 Å². The molecule has 1 N–H and O–H groups in total. The highest BCUT2D eigenvalue weighted by Gasteiger charge is 2.41. The highest BCUT2D eigenvalue weighted by atomic mass is 79.9. The van der Waals surface area contributed by atoms with E-state index >= 15 is 0 Å². The highest BCUT2D eigenvalue weighted by Crippen LogP contribution is 2.48. The van der Waals surface area contributed by atoms with E-state index in [1.54, 1.807) is 0 Å². The number of hydrogen-bond donors (Lipinski definition) is 1. The molecule has 0 radical (unpaired) electrons. The Bertz CT molecular complexity index is 1070. The van der Waals surface area contributed by atoms with Gasteiger partial charge in [0, 0.05) is 22.0 Å². The van der Waals surface area contributed by atoms with Gasteiger partial charge in [-0.1, -0.05) is 46.3 Å². The molecule has 0 fully saturated rings. The number of ether oxygens (including phenoxy) is 2. The summed E-state index contributed by atoms with van der Waals surface area (Å²) in [6.07, 6.45) is 0.502. The first kappa shape index (κ1) is 19.2. The minimum atomic E-state index is -0.322. The highest BCUT2D eigenvalue weighted by molar-refractivity contribution is 9.10. The molecule has 0 bridgehead atoms. The van der Waals surface area contributed by atoms with Crippen LogP contribution in [0.3, 0.4) is 0 Å². The van der Waals surface area contributed by atoms with Gasteiger partial charge in [0.2, 0.25) is 6.23 Å². The smallest absolute Gasteiger partial charge is 0.213 e. The monoisotopic (exact) mass is 464 g/mol. The van der Waals surface area contributed by atoms with E-state index in [-0.39, 0.29) is 25.5 Å². The average molecular weight is 465 g/mol. The normalized spacial score (nSPS) is 19.5. The molecule has 5 nitrogen and oxygen atoms in total. The number of nitrogens with zero attached hydrogens (tertiary/aromatic N) is 2. The van der Waals surface area contributed by atoms with E-state index in [0.29, 0.717) is 0 Å². The molecule has 0 aromatic heterocycles. The molecule has 5 rings (SSSR count). The summed E-state index contributed by atoms with van der Waals surface area (Å²) < 4.78 is 12.9. The Balaban J connectivity index is 1.52. The Hall–Kier alpha value is -2.83. The van der Waals surface area contributed by atoms with Crippen molar-refractivity contribution < 1.29 is 14.6 Å². The number of benzene rings is 3. The van der Waals surface area contributed by atoms with E-state index in [9.17, 15) is 0 Å². The van der Waals surface area contributed by atoms with Crippen molar-refractivity contribution in [3.05, 3.63) is 94.0 Å². The van der Waals surface area contributed by atoms with Crippen LogP contribution in [-0.2, 0) is 0 Å². The lowest BCUT2D eigenvalue weighted by Crippen LogP contribution is -2.33. The summed E-state index contributed by atoms with van der Waals surface area (Å²) in [5, 5.41) is 16.0. The van der Waals surface area contributed by atoms with Crippen molar-refractivity contribution in [1.82, 2.24) is 5.01 Å².